The van der Waals surface area contributed by atoms with Gasteiger partial charge in [-0.3, -0.25) is 4.98 Å². The van der Waals surface area contributed by atoms with Crippen molar-refractivity contribution in [2.75, 3.05) is 19.5 Å². The molecule has 4 nitrogen and oxygen atoms in total. The highest BCUT2D eigenvalue weighted by atomic mass is 35.5. The minimum absolute atomic E-state index is 0.332. The lowest BCUT2D eigenvalue weighted by molar-refractivity contribution is -0.137. The lowest BCUT2D eigenvalue weighted by atomic mass is 10.1. The largest absolute Gasteiger partial charge is 0.495 e. The molecule has 0 spiro atoms. The fraction of sp³-hybridized carbons (Fsp3) is 0.167. The van der Waals surface area contributed by atoms with Gasteiger partial charge in [0, 0.05) is 29.4 Å². The Morgan fingerprint density at radius 2 is 1.69 bits per heavy atom. The molecule has 0 unspecified atom stereocenters. The smallest absolute Gasteiger partial charge is 0.416 e. The van der Waals surface area contributed by atoms with Gasteiger partial charge in [-0.05, 0) is 24.3 Å². The Balaban J connectivity index is 2.12. The molecule has 0 aliphatic heterocycles. The topological polar surface area (TPSA) is 43.4 Å². The van der Waals surface area contributed by atoms with Crippen molar-refractivity contribution in [2.24, 2.45) is 0 Å². The summed E-state index contributed by atoms with van der Waals surface area (Å²) in [6.07, 6.45) is -2.93. The van der Waals surface area contributed by atoms with Crippen molar-refractivity contribution >= 4 is 33.9 Å². The van der Waals surface area contributed by atoms with E-state index in [0.29, 0.717) is 38.8 Å². The van der Waals surface area contributed by atoms with E-state index in [2.05, 4.69) is 10.3 Å². The molecule has 1 aromatic heterocycles. The molecule has 3 rings (SSSR count). The number of aromatic nitrogens is 1. The Labute approximate surface area is 152 Å². The number of pyridine rings is 1. The van der Waals surface area contributed by atoms with Crippen LogP contribution in [0.1, 0.15) is 5.56 Å². The van der Waals surface area contributed by atoms with E-state index in [1.165, 1.54) is 26.5 Å². The number of hydrogen-bond acceptors (Lipinski definition) is 4. The Morgan fingerprint density at radius 1 is 0.962 bits per heavy atom. The maximum atomic E-state index is 13.0. The van der Waals surface area contributed by atoms with Gasteiger partial charge in [-0.15, -0.1) is 0 Å². The second-order valence-electron chi connectivity index (χ2n) is 5.40. The minimum atomic E-state index is -4.44. The Morgan fingerprint density at radius 3 is 2.35 bits per heavy atom. The van der Waals surface area contributed by atoms with Crippen LogP contribution in [0.2, 0.25) is 5.02 Å². The summed E-state index contributed by atoms with van der Waals surface area (Å²) in [4.78, 5) is 4.11. The molecule has 0 fully saturated rings. The van der Waals surface area contributed by atoms with E-state index in [1.54, 1.807) is 18.2 Å². The molecule has 3 aromatic rings. The lowest BCUT2D eigenvalue weighted by Gasteiger charge is -2.16. The Hall–Kier alpha value is -2.67. The van der Waals surface area contributed by atoms with E-state index in [-0.39, 0.29) is 0 Å². The highest BCUT2D eigenvalue weighted by Gasteiger charge is 2.30. The lowest BCUT2D eigenvalue weighted by Crippen LogP contribution is -2.05. The van der Waals surface area contributed by atoms with Gasteiger partial charge < -0.3 is 14.8 Å². The van der Waals surface area contributed by atoms with Gasteiger partial charge in [-0.1, -0.05) is 11.6 Å². The summed E-state index contributed by atoms with van der Waals surface area (Å²) < 4.78 is 49.6. The summed E-state index contributed by atoms with van der Waals surface area (Å²) in [5.41, 5.74) is 0.632. The minimum Gasteiger partial charge on any atom is -0.495 e. The van der Waals surface area contributed by atoms with Crippen molar-refractivity contribution in [3.63, 3.8) is 0 Å². The average molecular weight is 383 g/mol. The fourth-order valence-corrected chi connectivity index (χ4v) is 2.77. The quantitative estimate of drug-likeness (QED) is 0.631. The number of methoxy groups -OCH3 is 2. The standard InChI is InChI=1S/C18H14ClF3N2O2/c1-25-16-9-15(17(26-2)8-12(16)19)24-14-5-6-23-13-4-3-10(7-11(13)14)18(20,21)22/h3-9H,1-2H3,(H,23,24). The van der Waals surface area contributed by atoms with Crippen molar-refractivity contribution in [1.29, 1.82) is 0 Å². The van der Waals surface area contributed by atoms with Crippen LogP contribution in [0, 0.1) is 0 Å². The van der Waals surface area contributed by atoms with Gasteiger partial charge in [0.1, 0.15) is 11.5 Å². The number of hydrogen-bond donors (Lipinski definition) is 1. The number of rotatable bonds is 4. The fourth-order valence-electron chi connectivity index (χ4n) is 2.53. The number of anilines is 2. The third kappa shape index (κ3) is 3.48. The normalized spacial score (nSPS) is 11.5. The van der Waals surface area contributed by atoms with Gasteiger partial charge in [0.2, 0.25) is 0 Å². The molecule has 1 heterocycles. The zero-order valence-corrected chi connectivity index (χ0v) is 14.6. The maximum Gasteiger partial charge on any atom is 0.416 e. The van der Waals surface area contributed by atoms with E-state index in [4.69, 9.17) is 21.1 Å². The predicted octanol–water partition coefficient (Wildman–Crippen LogP) is 5.67. The van der Waals surface area contributed by atoms with E-state index in [1.807, 2.05) is 0 Å². The van der Waals surface area contributed by atoms with Gasteiger partial charge in [0.25, 0.3) is 0 Å². The number of fused-ring (bicyclic) bond motifs is 1. The summed E-state index contributed by atoms with van der Waals surface area (Å²) in [6, 6.07) is 8.16. The van der Waals surface area contributed by atoms with Gasteiger partial charge in [0.15, 0.2) is 0 Å². The molecular formula is C18H14ClF3N2O2. The predicted molar refractivity (Wildman–Crippen MR) is 94.6 cm³/mol. The zero-order chi connectivity index (χ0) is 18.9. The molecule has 0 saturated heterocycles. The van der Waals surface area contributed by atoms with Crippen LogP contribution in [0.25, 0.3) is 10.9 Å². The highest BCUT2D eigenvalue weighted by molar-refractivity contribution is 6.32. The van der Waals surface area contributed by atoms with Crippen LogP contribution in [-0.4, -0.2) is 19.2 Å². The Bertz CT molecular complexity index is 961. The number of ether oxygens (including phenoxy) is 2. The van der Waals surface area contributed by atoms with Crippen molar-refractivity contribution in [1.82, 2.24) is 4.98 Å². The molecule has 136 valence electrons. The van der Waals surface area contributed by atoms with Gasteiger partial charge >= 0.3 is 6.18 Å². The first kappa shape index (κ1) is 18.1. The van der Waals surface area contributed by atoms with Crippen molar-refractivity contribution in [3.05, 3.63) is 53.2 Å². The number of nitrogens with one attached hydrogen (secondary N) is 1. The third-order valence-corrected chi connectivity index (χ3v) is 4.11. The molecule has 0 amide bonds. The summed E-state index contributed by atoms with van der Waals surface area (Å²) in [6.45, 7) is 0. The summed E-state index contributed by atoms with van der Waals surface area (Å²) in [5, 5.41) is 3.76. The SMILES string of the molecule is COc1cc(Nc2ccnc3ccc(C(F)(F)F)cc23)c(OC)cc1Cl. The molecule has 0 saturated carbocycles. The van der Waals surface area contributed by atoms with Crippen molar-refractivity contribution in [3.8, 4) is 11.5 Å². The third-order valence-electron chi connectivity index (χ3n) is 3.81. The second kappa shape index (κ2) is 6.92. The van der Waals surface area contributed by atoms with E-state index >= 15 is 0 Å². The molecule has 0 atom stereocenters. The first-order valence-corrected chi connectivity index (χ1v) is 7.86. The van der Waals surface area contributed by atoms with E-state index in [0.717, 1.165) is 12.1 Å². The molecule has 0 aliphatic rings. The monoisotopic (exact) mass is 382 g/mol. The molecule has 0 bridgehead atoms. The second-order valence-corrected chi connectivity index (χ2v) is 5.81. The molecular weight excluding hydrogens is 369 g/mol. The molecule has 1 N–H and O–H groups in total. The van der Waals surface area contributed by atoms with Crippen LogP contribution < -0.4 is 14.8 Å². The summed E-state index contributed by atoms with van der Waals surface area (Å²) in [5.74, 6) is 0.831. The van der Waals surface area contributed by atoms with Crippen molar-refractivity contribution in [2.45, 2.75) is 6.18 Å². The number of benzene rings is 2. The van der Waals surface area contributed by atoms with Crippen LogP contribution in [0.3, 0.4) is 0 Å². The van der Waals surface area contributed by atoms with Crippen LogP contribution in [0.5, 0.6) is 11.5 Å². The Kier molecular flexibility index (Phi) is 4.82. The number of nitrogens with zero attached hydrogens (tertiary/aromatic N) is 1. The van der Waals surface area contributed by atoms with Gasteiger partial charge in [0.05, 0.1) is 36.0 Å². The van der Waals surface area contributed by atoms with Gasteiger partial charge in [-0.2, -0.15) is 13.2 Å². The zero-order valence-electron chi connectivity index (χ0n) is 13.8. The average Bonchev–Trinajstić information content (AvgIpc) is 2.61. The summed E-state index contributed by atoms with van der Waals surface area (Å²) >= 11 is 6.08. The van der Waals surface area contributed by atoms with Crippen LogP contribution >= 0.6 is 11.6 Å². The molecule has 2 aromatic carbocycles. The molecule has 0 radical (unpaired) electrons. The number of halogens is 4. The van der Waals surface area contributed by atoms with Crippen molar-refractivity contribution < 1.29 is 22.6 Å². The van der Waals surface area contributed by atoms with Crippen LogP contribution in [0.15, 0.2) is 42.6 Å². The van der Waals surface area contributed by atoms with Crippen LogP contribution in [-0.2, 0) is 6.18 Å². The first-order valence-electron chi connectivity index (χ1n) is 7.48. The molecule has 26 heavy (non-hydrogen) atoms. The van der Waals surface area contributed by atoms with E-state index < -0.39 is 11.7 Å². The summed E-state index contributed by atoms with van der Waals surface area (Å²) in [7, 11) is 2.94. The van der Waals surface area contributed by atoms with Gasteiger partial charge in [-0.25, -0.2) is 0 Å². The first-order chi connectivity index (χ1) is 12.3. The molecule has 0 aliphatic carbocycles. The number of alkyl halides is 3. The van der Waals surface area contributed by atoms with Crippen LogP contribution in [0.4, 0.5) is 24.5 Å². The van der Waals surface area contributed by atoms with E-state index in [9.17, 15) is 13.2 Å². The highest BCUT2D eigenvalue weighted by Crippen LogP contribution is 2.39. The maximum absolute atomic E-state index is 13.0. The molecule has 8 heteroatoms.